The second-order valence-electron chi connectivity index (χ2n) is 5.82. The molecule has 1 N–H and O–H groups in total. The van der Waals surface area contributed by atoms with Crippen molar-refractivity contribution in [2.75, 3.05) is 6.54 Å². The Kier molecular flexibility index (Phi) is 3.39. The highest BCUT2D eigenvalue weighted by Gasteiger charge is 2.37. The minimum absolute atomic E-state index is 0.391. The smallest absolute Gasteiger partial charge is 0.0214 e. The molecule has 1 saturated carbocycles. The summed E-state index contributed by atoms with van der Waals surface area (Å²) in [5, 5.41) is 3.73. The van der Waals surface area contributed by atoms with Crippen LogP contribution in [0.15, 0.2) is 60.7 Å². The van der Waals surface area contributed by atoms with E-state index in [1.807, 2.05) is 0 Å². The van der Waals surface area contributed by atoms with Crippen molar-refractivity contribution in [3.8, 4) is 0 Å². The third kappa shape index (κ3) is 3.05. The third-order valence-corrected chi connectivity index (χ3v) is 4.14. The van der Waals surface area contributed by atoms with Crippen LogP contribution in [-0.4, -0.2) is 12.1 Å². The summed E-state index contributed by atoms with van der Waals surface area (Å²) < 4.78 is 0. The number of benzene rings is 2. The summed E-state index contributed by atoms with van der Waals surface area (Å²) in [6, 6.07) is 21.6. The average Bonchev–Trinajstić information content (AvgIpc) is 3.20. The van der Waals surface area contributed by atoms with Gasteiger partial charge in [-0.15, -0.1) is 0 Å². The molecule has 0 aromatic heterocycles. The maximum absolute atomic E-state index is 3.73. The van der Waals surface area contributed by atoms with E-state index in [-0.39, 0.29) is 0 Å². The van der Waals surface area contributed by atoms with Crippen LogP contribution in [0.1, 0.15) is 36.8 Å². The van der Waals surface area contributed by atoms with Crippen molar-refractivity contribution in [3.05, 3.63) is 71.8 Å². The Labute approximate surface area is 115 Å². The molecule has 0 heterocycles. The molecule has 0 bridgehead atoms. The fourth-order valence-corrected chi connectivity index (χ4v) is 2.51. The summed E-state index contributed by atoms with van der Waals surface area (Å²) in [4.78, 5) is 0. The first-order valence-corrected chi connectivity index (χ1v) is 7.12. The Hall–Kier alpha value is -1.60. The van der Waals surface area contributed by atoms with Gasteiger partial charge in [-0.2, -0.15) is 0 Å². The van der Waals surface area contributed by atoms with Crippen LogP contribution in [0.2, 0.25) is 0 Å². The number of nitrogens with one attached hydrogen (secondary N) is 1. The lowest BCUT2D eigenvalue weighted by Crippen LogP contribution is -2.32. The molecule has 98 valence electrons. The molecule has 1 aliphatic carbocycles. The van der Waals surface area contributed by atoms with Crippen LogP contribution < -0.4 is 5.32 Å². The van der Waals surface area contributed by atoms with Gasteiger partial charge in [0.05, 0.1) is 0 Å². The molecule has 0 amide bonds. The first-order chi connectivity index (χ1) is 9.27. The van der Waals surface area contributed by atoms with E-state index >= 15 is 0 Å². The van der Waals surface area contributed by atoms with E-state index in [0.29, 0.717) is 11.5 Å². The van der Waals surface area contributed by atoms with Crippen molar-refractivity contribution < 1.29 is 0 Å². The van der Waals surface area contributed by atoms with Crippen LogP contribution in [0.3, 0.4) is 0 Å². The maximum Gasteiger partial charge on any atom is 0.0214 e. The molecular formula is C18H21N. The van der Waals surface area contributed by atoms with Gasteiger partial charge in [-0.25, -0.2) is 0 Å². The lowest BCUT2D eigenvalue weighted by Gasteiger charge is -2.21. The molecule has 2 aromatic carbocycles. The van der Waals surface area contributed by atoms with Gasteiger partial charge in [0.15, 0.2) is 0 Å². The molecule has 0 radical (unpaired) electrons. The van der Waals surface area contributed by atoms with Crippen molar-refractivity contribution in [1.82, 2.24) is 5.32 Å². The summed E-state index contributed by atoms with van der Waals surface area (Å²) in [5.41, 5.74) is 3.18. The van der Waals surface area contributed by atoms with Crippen molar-refractivity contribution >= 4 is 0 Å². The van der Waals surface area contributed by atoms with Gasteiger partial charge >= 0.3 is 0 Å². The van der Waals surface area contributed by atoms with Gasteiger partial charge in [0.25, 0.3) is 0 Å². The Bertz CT molecular complexity index is 474. The SMILES string of the molecule is CC1(NCC(c2ccccc2)c2ccccc2)CC1. The van der Waals surface area contributed by atoms with Crippen molar-refractivity contribution in [2.24, 2.45) is 0 Å². The molecule has 0 saturated heterocycles. The Morgan fingerprint density at radius 2 is 1.37 bits per heavy atom. The molecule has 1 nitrogen and oxygen atoms in total. The molecule has 1 aliphatic rings. The van der Waals surface area contributed by atoms with E-state index in [1.165, 1.54) is 24.0 Å². The lowest BCUT2D eigenvalue weighted by atomic mass is 9.91. The first-order valence-electron chi connectivity index (χ1n) is 7.12. The maximum atomic E-state index is 3.73. The van der Waals surface area contributed by atoms with Gasteiger partial charge in [0, 0.05) is 18.0 Å². The normalized spacial score (nSPS) is 16.5. The van der Waals surface area contributed by atoms with Gasteiger partial charge in [-0.05, 0) is 30.9 Å². The van der Waals surface area contributed by atoms with Crippen LogP contribution in [0.25, 0.3) is 0 Å². The zero-order chi connectivity index (χ0) is 13.1. The van der Waals surface area contributed by atoms with Crippen LogP contribution in [0.5, 0.6) is 0 Å². The minimum atomic E-state index is 0.391. The highest BCUT2D eigenvalue weighted by Crippen LogP contribution is 2.35. The van der Waals surface area contributed by atoms with Crippen molar-refractivity contribution in [1.29, 1.82) is 0 Å². The second-order valence-corrected chi connectivity index (χ2v) is 5.82. The summed E-state index contributed by atoms with van der Waals surface area (Å²) in [5.74, 6) is 0.444. The molecule has 0 unspecified atom stereocenters. The van der Waals surface area contributed by atoms with Gasteiger partial charge in [0.2, 0.25) is 0 Å². The predicted molar refractivity (Wildman–Crippen MR) is 80.4 cm³/mol. The minimum Gasteiger partial charge on any atom is -0.311 e. The number of hydrogen-bond donors (Lipinski definition) is 1. The third-order valence-electron chi connectivity index (χ3n) is 4.14. The van der Waals surface area contributed by atoms with Crippen LogP contribution in [0, 0.1) is 0 Å². The highest BCUT2D eigenvalue weighted by molar-refractivity contribution is 5.33. The van der Waals surface area contributed by atoms with Crippen molar-refractivity contribution in [2.45, 2.75) is 31.2 Å². The monoisotopic (exact) mass is 251 g/mol. The highest BCUT2D eigenvalue weighted by atomic mass is 15.0. The van der Waals surface area contributed by atoms with Gasteiger partial charge in [-0.3, -0.25) is 0 Å². The Morgan fingerprint density at radius 1 is 0.895 bits per heavy atom. The molecule has 19 heavy (non-hydrogen) atoms. The standard InChI is InChI=1S/C18H21N/c1-18(12-13-18)19-14-17(15-8-4-2-5-9-15)16-10-6-3-7-11-16/h2-11,17,19H,12-14H2,1H3. The van der Waals surface area contributed by atoms with Gasteiger partial charge in [-0.1, -0.05) is 60.7 Å². The number of hydrogen-bond acceptors (Lipinski definition) is 1. The quantitative estimate of drug-likeness (QED) is 0.848. The molecule has 1 fully saturated rings. The molecule has 2 aromatic rings. The molecule has 3 rings (SSSR count). The number of rotatable bonds is 5. The van der Waals surface area contributed by atoms with E-state index in [2.05, 4.69) is 72.9 Å². The predicted octanol–water partition coefficient (Wildman–Crippen LogP) is 3.96. The van der Waals surface area contributed by atoms with Crippen molar-refractivity contribution in [3.63, 3.8) is 0 Å². The summed E-state index contributed by atoms with van der Waals surface area (Å²) in [6.07, 6.45) is 2.62. The fourth-order valence-electron chi connectivity index (χ4n) is 2.51. The zero-order valence-electron chi connectivity index (χ0n) is 11.5. The molecule has 0 aliphatic heterocycles. The largest absolute Gasteiger partial charge is 0.311 e. The zero-order valence-corrected chi connectivity index (χ0v) is 11.5. The van der Waals surface area contributed by atoms with E-state index in [1.54, 1.807) is 0 Å². The van der Waals surface area contributed by atoms with Crippen LogP contribution in [0.4, 0.5) is 0 Å². The molecule has 0 atom stereocenters. The lowest BCUT2D eigenvalue weighted by molar-refractivity contribution is 0.518. The molecular weight excluding hydrogens is 230 g/mol. The van der Waals surface area contributed by atoms with E-state index in [9.17, 15) is 0 Å². The van der Waals surface area contributed by atoms with E-state index in [0.717, 1.165) is 6.54 Å². The topological polar surface area (TPSA) is 12.0 Å². The second kappa shape index (κ2) is 5.18. The first kappa shape index (κ1) is 12.4. The van der Waals surface area contributed by atoms with E-state index in [4.69, 9.17) is 0 Å². The average molecular weight is 251 g/mol. The summed E-state index contributed by atoms with van der Waals surface area (Å²) >= 11 is 0. The Morgan fingerprint density at radius 3 is 1.79 bits per heavy atom. The fraction of sp³-hybridized carbons (Fsp3) is 0.333. The molecule has 1 heteroatoms. The van der Waals surface area contributed by atoms with Gasteiger partial charge < -0.3 is 5.32 Å². The molecule has 0 spiro atoms. The Balaban J connectivity index is 1.83. The van der Waals surface area contributed by atoms with Gasteiger partial charge in [0.1, 0.15) is 0 Å². The summed E-state index contributed by atoms with van der Waals surface area (Å²) in [6.45, 7) is 3.34. The summed E-state index contributed by atoms with van der Waals surface area (Å²) in [7, 11) is 0. The van der Waals surface area contributed by atoms with Crippen LogP contribution in [-0.2, 0) is 0 Å². The van der Waals surface area contributed by atoms with Crippen LogP contribution >= 0.6 is 0 Å². The van der Waals surface area contributed by atoms with E-state index < -0.39 is 0 Å².